The van der Waals surface area contributed by atoms with E-state index in [1.165, 1.54) is 11.3 Å². The summed E-state index contributed by atoms with van der Waals surface area (Å²) in [5.74, 6) is -1.07. The van der Waals surface area contributed by atoms with Crippen molar-refractivity contribution in [2.24, 2.45) is 0 Å². The van der Waals surface area contributed by atoms with Gasteiger partial charge in [-0.15, -0.1) is 11.3 Å². The number of aromatic nitrogens is 1. The number of carbonyl (C=O) groups excluding carboxylic acids is 2. The molecular formula is C28H23N3O3S. The first-order valence-electron chi connectivity index (χ1n) is 11.4. The van der Waals surface area contributed by atoms with Gasteiger partial charge in [0.05, 0.1) is 22.3 Å². The third kappa shape index (κ3) is 4.41. The van der Waals surface area contributed by atoms with Gasteiger partial charge in [-0.25, -0.2) is 9.78 Å². The van der Waals surface area contributed by atoms with Crippen molar-refractivity contribution in [1.82, 2.24) is 4.98 Å². The Morgan fingerprint density at radius 2 is 1.97 bits per heavy atom. The highest BCUT2D eigenvalue weighted by Gasteiger charge is 2.24. The zero-order valence-corrected chi connectivity index (χ0v) is 20.3. The van der Waals surface area contributed by atoms with Crippen molar-refractivity contribution in [2.75, 3.05) is 11.9 Å². The molecule has 0 bridgehead atoms. The van der Waals surface area contributed by atoms with Crippen LogP contribution in [0, 0.1) is 25.2 Å². The van der Waals surface area contributed by atoms with Crippen LogP contribution >= 0.6 is 11.3 Å². The fraction of sp³-hybridized carbons (Fsp3) is 0.214. The Kier molecular flexibility index (Phi) is 6.06. The van der Waals surface area contributed by atoms with Gasteiger partial charge in [-0.1, -0.05) is 42.0 Å². The fourth-order valence-electron chi connectivity index (χ4n) is 4.57. The number of ether oxygens (including phenoxy) is 1. The third-order valence-electron chi connectivity index (χ3n) is 6.21. The van der Waals surface area contributed by atoms with E-state index in [-0.39, 0.29) is 0 Å². The van der Waals surface area contributed by atoms with Gasteiger partial charge in [-0.05, 0) is 56.4 Å². The largest absolute Gasteiger partial charge is 0.452 e. The molecule has 0 radical (unpaired) electrons. The zero-order valence-electron chi connectivity index (χ0n) is 19.5. The number of nitriles is 1. The predicted molar refractivity (Wildman–Crippen MR) is 137 cm³/mol. The molecule has 2 aromatic carbocycles. The second kappa shape index (κ2) is 9.32. The number of nitrogens with one attached hydrogen (secondary N) is 1. The van der Waals surface area contributed by atoms with E-state index in [0.717, 1.165) is 46.4 Å². The lowest BCUT2D eigenvalue weighted by Crippen LogP contribution is -2.21. The average Bonchev–Trinajstić information content (AvgIpc) is 3.42. The highest BCUT2D eigenvalue weighted by molar-refractivity contribution is 7.16. The molecular weight excluding hydrogens is 458 g/mol. The molecule has 4 aromatic rings. The van der Waals surface area contributed by atoms with E-state index < -0.39 is 18.5 Å². The first-order valence-corrected chi connectivity index (χ1v) is 12.3. The van der Waals surface area contributed by atoms with Gasteiger partial charge in [0.25, 0.3) is 5.91 Å². The summed E-state index contributed by atoms with van der Waals surface area (Å²) in [6.07, 6.45) is 2.82. The highest BCUT2D eigenvalue weighted by atomic mass is 32.1. The lowest BCUT2D eigenvalue weighted by atomic mass is 9.99. The van der Waals surface area contributed by atoms with E-state index >= 15 is 0 Å². The number of amides is 1. The molecule has 2 heterocycles. The van der Waals surface area contributed by atoms with Crippen molar-refractivity contribution in [3.8, 4) is 17.3 Å². The van der Waals surface area contributed by atoms with Crippen LogP contribution in [0.2, 0.25) is 0 Å². The minimum absolute atomic E-state index is 0.353. The third-order valence-corrected chi connectivity index (χ3v) is 7.42. The van der Waals surface area contributed by atoms with Crippen LogP contribution in [0.4, 0.5) is 5.00 Å². The van der Waals surface area contributed by atoms with Crippen LogP contribution in [0.1, 0.15) is 43.9 Å². The fourth-order valence-corrected chi connectivity index (χ4v) is 5.82. The van der Waals surface area contributed by atoms with E-state index in [4.69, 9.17) is 9.72 Å². The van der Waals surface area contributed by atoms with Gasteiger partial charge in [-0.3, -0.25) is 4.79 Å². The molecule has 6 nitrogen and oxygen atoms in total. The number of esters is 1. The van der Waals surface area contributed by atoms with Gasteiger partial charge in [0.15, 0.2) is 6.61 Å². The molecule has 0 aliphatic heterocycles. The molecule has 1 aliphatic carbocycles. The first-order chi connectivity index (χ1) is 16.9. The van der Waals surface area contributed by atoms with E-state index in [1.807, 2.05) is 50.2 Å². The molecule has 174 valence electrons. The normalized spacial score (nSPS) is 12.3. The van der Waals surface area contributed by atoms with Crippen LogP contribution < -0.4 is 5.32 Å². The summed E-state index contributed by atoms with van der Waals surface area (Å²) in [6.45, 7) is 3.60. The monoisotopic (exact) mass is 481 g/mol. The second-order valence-electron chi connectivity index (χ2n) is 8.69. The van der Waals surface area contributed by atoms with Crippen LogP contribution in [-0.2, 0) is 22.4 Å². The van der Waals surface area contributed by atoms with Gasteiger partial charge in [0.2, 0.25) is 0 Å². The van der Waals surface area contributed by atoms with Crippen molar-refractivity contribution in [3.63, 3.8) is 0 Å². The molecule has 2 aromatic heterocycles. The van der Waals surface area contributed by atoms with E-state index in [0.29, 0.717) is 32.7 Å². The summed E-state index contributed by atoms with van der Waals surface area (Å²) in [4.78, 5) is 31.6. The van der Waals surface area contributed by atoms with Gasteiger partial charge < -0.3 is 10.1 Å². The molecule has 1 N–H and O–H groups in total. The second-order valence-corrected chi connectivity index (χ2v) is 9.79. The molecule has 0 saturated heterocycles. The van der Waals surface area contributed by atoms with E-state index in [9.17, 15) is 14.9 Å². The highest BCUT2D eigenvalue weighted by Crippen LogP contribution is 2.38. The van der Waals surface area contributed by atoms with Gasteiger partial charge in [0.1, 0.15) is 11.1 Å². The number of thiophene rings is 1. The molecule has 1 amide bonds. The Balaban J connectivity index is 1.38. The van der Waals surface area contributed by atoms with Crippen molar-refractivity contribution in [2.45, 2.75) is 33.1 Å². The minimum atomic E-state index is -0.598. The summed E-state index contributed by atoms with van der Waals surface area (Å²) in [5, 5.41) is 13.5. The van der Waals surface area contributed by atoms with Crippen molar-refractivity contribution >= 4 is 39.1 Å². The van der Waals surface area contributed by atoms with Crippen LogP contribution in [0.3, 0.4) is 0 Å². The maximum atomic E-state index is 13.1. The quantitative estimate of drug-likeness (QED) is 0.367. The van der Waals surface area contributed by atoms with Crippen molar-refractivity contribution < 1.29 is 14.3 Å². The molecule has 5 rings (SSSR count). The zero-order chi connectivity index (χ0) is 24.5. The van der Waals surface area contributed by atoms with E-state index in [1.54, 1.807) is 6.07 Å². The molecule has 1 aliphatic rings. The SMILES string of the molecule is Cc1ccc(-c2cc(C(=O)OCC(=O)Nc3sc4c(c3C#N)CCC4)c3ccccc3n2)c(C)c1. The number of para-hydroxylation sites is 1. The number of rotatable bonds is 5. The van der Waals surface area contributed by atoms with Crippen LogP contribution in [0.15, 0.2) is 48.5 Å². The number of anilines is 1. The molecule has 0 saturated carbocycles. The molecule has 35 heavy (non-hydrogen) atoms. The molecule has 0 unspecified atom stereocenters. The number of benzene rings is 2. The summed E-state index contributed by atoms with van der Waals surface area (Å²) < 4.78 is 5.40. The summed E-state index contributed by atoms with van der Waals surface area (Å²) in [6, 6.07) is 17.4. The summed E-state index contributed by atoms with van der Waals surface area (Å²) in [5.41, 5.74) is 6.40. The standard InChI is InChI=1S/C28H23N3O3S/c1-16-10-11-18(17(2)12-16)24-13-21(19-6-3-4-8-23(19)30-24)28(33)34-15-26(32)31-27-22(14-29)20-7-5-9-25(20)35-27/h3-4,6,8,10-13H,5,7,9,15H2,1-2H3,(H,31,32). The number of hydrogen-bond acceptors (Lipinski definition) is 6. The van der Waals surface area contributed by atoms with Crippen LogP contribution in [-0.4, -0.2) is 23.5 Å². The number of aryl methyl sites for hydroxylation is 3. The summed E-state index contributed by atoms with van der Waals surface area (Å²) >= 11 is 1.43. The number of hydrogen-bond donors (Lipinski definition) is 1. The Morgan fingerprint density at radius 3 is 2.77 bits per heavy atom. The van der Waals surface area contributed by atoms with Crippen LogP contribution in [0.5, 0.6) is 0 Å². The molecule has 0 atom stereocenters. The average molecular weight is 482 g/mol. The Bertz CT molecular complexity index is 1530. The van der Waals surface area contributed by atoms with Crippen molar-refractivity contribution in [1.29, 1.82) is 5.26 Å². The predicted octanol–water partition coefficient (Wildman–Crippen LogP) is 5.74. The lowest BCUT2D eigenvalue weighted by molar-refractivity contribution is -0.119. The molecule has 0 spiro atoms. The Hall–Kier alpha value is -4.02. The van der Waals surface area contributed by atoms with Crippen molar-refractivity contribution in [3.05, 3.63) is 81.2 Å². The first kappa shape index (κ1) is 22.8. The smallest absolute Gasteiger partial charge is 0.339 e. The Labute approximate surface area is 207 Å². The molecule has 0 fully saturated rings. The minimum Gasteiger partial charge on any atom is -0.452 e. The van der Waals surface area contributed by atoms with Gasteiger partial charge in [-0.2, -0.15) is 5.26 Å². The lowest BCUT2D eigenvalue weighted by Gasteiger charge is -2.12. The Morgan fingerprint density at radius 1 is 1.14 bits per heavy atom. The number of carbonyl (C=O) groups is 2. The van der Waals surface area contributed by atoms with Gasteiger partial charge >= 0.3 is 5.97 Å². The van der Waals surface area contributed by atoms with Gasteiger partial charge in [0, 0.05) is 15.8 Å². The molecule has 7 heteroatoms. The maximum Gasteiger partial charge on any atom is 0.339 e. The number of fused-ring (bicyclic) bond motifs is 2. The van der Waals surface area contributed by atoms with Crippen LogP contribution in [0.25, 0.3) is 22.2 Å². The topological polar surface area (TPSA) is 92.1 Å². The maximum absolute atomic E-state index is 13.1. The number of pyridine rings is 1. The number of nitrogens with zero attached hydrogens (tertiary/aromatic N) is 2. The van der Waals surface area contributed by atoms with E-state index in [2.05, 4.69) is 17.5 Å². The summed E-state index contributed by atoms with van der Waals surface area (Å²) in [7, 11) is 0.